The van der Waals surface area contributed by atoms with E-state index in [4.69, 9.17) is 27.1 Å². The summed E-state index contributed by atoms with van der Waals surface area (Å²) >= 11 is 0. The van der Waals surface area contributed by atoms with Gasteiger partial charge in [0.1, 0.15) is 0 Å². The molecule has 0 aromatic carbocycles. The Kier molecular flexibility index (Phi) is 12.0. The van der Waals surface area contributed by atoms with E-state index in [1.807, 2.05) is 0 Å². The van der Waals surface area contributed by atoms with Crippen LogP contribution in [0.4, 0.5) is 0 Å². The lowest BCUT2D eigenvalue weighted by Crippen LogP contribution is -2.46. The summed E-state index contributed by atoms with van der Waals surface area (Å²) in [5, 5.41) is 0. The number of rotatable bonds is 6. The number of hydrogen-bond acceptors (Lipinski definition) is 6. The van der Waals surface area contributed by atoms with Gasteiger partial charge in [-0.15, -0.1) is 0 Å². The van der Waals surface area contributed by atoms with E-state index in [2.05, 4.69) is 41.5 Å². The van der Waals surface area contributed by atoms with Crippen molar-refractivity contribution in [1.29, 1.82) is 0 Å². The van der Waals surface area contributed by atoms with Gasteiger partial charge in [-0.3, -0.25) is 0 Å². The third-order valence-corrected chi connectivity index (χ3v) is 15.1. The summed E-state index contributed by atoms with van der Waals surface area (Å²) in [5.41, 5.74) is 0.163. The maximum atomic E-state index is 6.68. The van der Waals surface area contributed by atoms with Gasteiger partial charge in [-0.25, -0.2) is 0 Å². The molecule has 0 aromatic heterocycles. The summed E-state index contributed by atoms with van der Waals surface area (Å²) < 4.78 is 38.6. The summed E-state index contributed by atoms with van der Waals surface area (Å²) in [6.07, 6.45) is 22.2. The summed E-state index contributed by atoms with van der Waals surface area (Å²) in [4.78, 5) is 0. The third-order valence-electron chi connectivity index (χ3n) is 12.9. The van der Waals surface area contributed by atoms with Gasteiger partial charge in [0, 0.05) is 0 Å². The first-order chi connectivity index (χ1) is 21.5. The van der Waals surface area contributed by atoms with Gasteiger partial charge >= 0.3 is 17.2 Å². The van der Waals surface area contributed by atoms with Gasteiger partial charge in [0.2, 0.25) is 0 Å². The Labute approximate surface area is 278 Å². The van der Waals surface area contributed by atoms with Gasteiger partial charge in [0.25, 0.3) is 0 Å². The highest BCUT2D eigenvalue weighted by Gasteiger charge is 2.48. The summed E-state index contributed by atoms with van der Waals surface area (Å²) in [6, 6.07) is 0. The fourth-order valence-electron chi connectivity index (χ4n) is 9.92. The minimum Gasteiger partial charge on any atom is -0.311 e. The van der Waals surface area contributed by atoms with Gasteiger partial charge in [0.15, 0.2) is 0 Å². The Hall–Kier alpha value is 0.620. The zero-order valence-electron chi connectivity index (χ0n) is 29.6. The average molecular weight is 669 g/mol. The molecule has 6 atom stereocenters. The van der Waals surface area contributed by atoms with Gasteiger partial charge in [-0.2, -0.15) is 0 Å². The topological polar surface area (TPSA) is 55.4 Å². The van der Waals surface area contributed by atoms with Crippen LogP contribution in [0, 0.1) is 51.8 Å². The monoisotopic (exact) mass is 668 g/mol. The van der Waals surface area contributed by atoms with Crippen molar-refractivity contribution in [3.8, 4) is 0 Å². The van der Waals surface area contributed by atoms with E-state index in [1.165, 1.54) is 89.9 Å². The molecule has 0 bridgehead atoms. The van der Waals surface area contributed by atoms with Gasteiger partial charge in [0.05, 0.1) is 44.1 Å². The van der Waals surface area contributed by atoms with Crippen molar-refractivity contribution in [3.05, 3.63) is 0 Å². The molecule has 2 aliphatic heterocycles. The Morgan fingerprint density at radius 1 is 0.467 bits per heavy atom. The van der Waals surface area contributed by atoms with Crippen molar-refractivity contribution in [3.63, 3.8) is 0 Å². The third kappa shape index (κ3) is 9.05. The summed E-state index contributed by atoms with van der Waals surface area (Å²) in [7, 11) is -2.68. The molecule has 8 heteroatoms. The second-order valence-corrected chi connectivity index (χ2v) is 20.6. The minimum absolute atomic E-state index is 0.216. The van der Waals surface area contributed by atoms with Crippen molar-refractivity contribution in [1.82, 2.24) is 0 Å². The highest BCUT2D eigenvalue weighted by atomic mass is 31.2. The van der Waals surface area contributed by atoms with E-state index >= 15 is 0 Å². The van der Waals surface area contributed by atoms with E-state index in [1.54, 1.807) is 0 Å². The Morgan fingerprint density at radius 3 is 1.16 bits per heavy atom. The van der Waals surface area contributed by atoms with E-state index in [0.29, 0.717) is 38.3 Å². The lowest BCUT2D eigenvalue weighted by atomic mass is 9.63. The fraction of sp³-hybridized carbons (Fsp3) is 1.00. The molecule has 1 spiro atoms. The van der Waals surface area contributed by atoms with Crippen molar-refractivity contribution in [2.75, 3.05) is 26.4 Å². The quantitative estimate of drug-likeness (QED) is 0.263. The van der Waals surface area contributed by atoms with Crippen molar-refractivity contribution in [2.24, 2.45) is 51.8 Å². The predicted molar refractivity (Wildman–Crippen MR) is 184 cm³/mol. The molecule has 0 amide bonds. The highest BCUT2D eigenvalue weighted by Crippen LogP contribution is 2.58. The van der Waals surface area contributed by atoms with Crippen LogP contribution < -0.4 is 0 Å². The van der Waals surface area contributed by atoms with Crippen LogP contribution in [0.15, 0.2) is 0 Å². The molecule has 0 N–H and O–H groups in total. The van der Waals surface area contributed by atoms with E-state index in [-0.39, 0.29) is 28.5 Å². The largest absolute Gasteiger partial charge is 0.332 e. The summed E-state index contributed by atoms with van der Waals surface area (Å²) in [5.74, 6) is 4.65. The molecule has 4 aliphatic carbocycles. The van der Waals surface area contributed by atoms with Crippen LogP contribution >= 0.6 is 17.2 Å². The van der Waals surface area contributed by atoms with Crippen molar-refractivity contribution in [2.45, 2.75) is 156 Å². The molecule has 0 radical (unpaired) electrons. The molecular formula is C37H66O6P2. The van der Waals surface area contributed by atoms with Crippen LogP contribution in [-0.4, -0.2) is 38.6 Å². The van der Waals surface area contributed by atoms with Crippen LogP contribution in [-0.2, 0) is 27.1 Å². The molecule has 45 heavy (non-hydrogen) atoms. The maximum absolute atomic E-state index is 6.68. The fourth-order valence-corrected chi connectivity index (χ4v) is 12.8. The molecule has 2 saturated heterocycles. The standard InChI is InChI=1S/C37H66O6P2/c1-35(2,3)31-21-29(27-13-9-7-10-14-27)17-19-33(31)42-44-38-23-37(24-39-44)25-40-45(41-26-37)43-34-20-18-30(22-32(34)36(4,5)6)28-15-11-8-12-16-28/h27-34H,7-26H2,1-6H3. The first-order valence-corrected chi connectivity index (χ1v) is 21.1. The molecule has 4 saturated carbocycles. The number of hydrogen-bond donors (Lipinski definition) is 0. The van der Waals surface area contributed by atoms with Crippen LogP contribution in [0.5, 0.6) is 0 Å². The highest BCUT2D eigenvalue weighted by molar-refractivity contribution is 7.42. The van der Waals surface area contributed by atoms with Crippen LogP contribution in [0.2, 0.25) is 0 Å². The van der Waals surface area contributed by atoms with E-state index in [9.17, 15) is 0 Å². The average Bonchev–Trinajstić information content (AvgIpc) is 3.03. The lowest BCUT2D eigenvalue weighted by molar-refractivity contribution is -0.0970. The van der Waals surface area contributed by atoms with E-state index < -0.39 is 17.2 Å². The first-order valence-electron chi connectivity index (χ1n) is 18.9. The Balaban J connectivity index is 0.962. The SMILES string of the molecule is CC(C)(C)C1CC(C2CCCCC2)CCC1OP1OCC2(CO1)COP(OC1CCC(C3CCCCC3)CC1C(C)(C)C)OC2. The molecular weight excluding hydrogens is 602 g/mol. The molecule has 6 unspecified atom stereocenters. The van der Waals surface area contributed by atoms with Gasteiger partial charge < -0.3 is 27.1 Å². The van der Waals surface area contributed by atoms with Crippen molar-refractivity contribution >= 4 is 17.2 Å². The molecule has 6 nitrogen and oxygen atoms in total. The molecule has 6 fully saturated rings. The molecule has 0 aromatic rings. The van der Waals surface area contributed by atoms with Crippen molar-refractivity contribution < 1.29 is 27.1 Å². The second kappa shape index (κ2) is 15.2. The first kappa shape index (κ1) is 35.4. The van der Waals surface area contributed by atoms with Gasteiger partial charge in [-0.1, -0.05) is 106 Å². The predicted octanol–water partition coefficient (Wildman–Crippen LogP) is 11.4. The van der Waals surface area contributed by atoms with Crippen LogP contribution in [0.3, 0.4) is 0 Å². The van der Waals surface area contributed by atoms with Gasteiger partial charge in [-0.05, 0) is 84.9 Å². The Morgan fingerprint density at radius 2 is 0.822 bits per heavy atom. The zero-order valence-corrected chi connectivity index (χ0v) is 31.4. The Bertz CT molecular complexity index is 829. The van der Waals surface area contributed by atoms with Crippen LogP contribution in [0.1, 0.15) is 144 Å². The molecule has 6 aliphatic rings. The smallest absolute Gasteiger partial charge is 0.311 e. The summed E-state index contributed by atoms with van der Waals surface area (Å²) in [6.45, 7) is 16.6. The van der Waals surface area contributed by atoms with Crippen LogP contribution in [0.25, 0.3) is 0 Å². The molecule has 6 rings (SSSR count). The molecule has 260 valence electrons. The van der Waals surface area contributed by atoms with E-state index in [0.717, 1.165) is 36.5 Å². The maximum Gasteiger partial charge on any atom is 0.332 e. The molecule has 2 heterocycles. The minimum atomic E-state index is -1.34. The normalized spacial score (nSPS) is 41.7. The lowest BCUT2D eigenvalue weighted by Gasteiger charge is -2.48. The second-order valence-electron chi connectivity index (χ2n) is 18.2. The zero-order chi connectivity index (χ0) is 31.7.